The Bertz CT molecular complexity index is 1450. The fourth-order valence-electron chi connectivity index (χ4n) is 4.13. The van der Waals surface area contributed by atoms with Gasteiger partial charge in [0.15, 0.2) is 0 Å². The van der Waals surface area contributed by atoms with Crippen molar-refractivity contribution in [3.8, 4) is 11.5 Å². The summed E-state index contributed by atoms with van der Waals surface area (Å²) in [4.78, 5) is 0.299. The van der Waals surface area contributed by atoms with Crippen LogP contribution >= 0.6 is 0 Å². The lowest BCUT2D eigenvalue weighted by atomic mass is 10.0. The molecule has 4 rings (SSSR count). The molecule has 0 aromatic heterocycles. The summed E-state index contributed by atoms with van der Waals surface area (Å²) in [6, 6.07) is 16.0. The fourth-order valence-corrected chi connectivity index (χ4v) is 6.80. The molecule has 3 aromatic rings. The summed E-state index contributed by atoms with van der Waals surface area (Å²) in [5.41, 5.74) is 2.42. The molecular formula is C26H30N2O6S2. The summed E-state index contributed by atoms with van der Waals surface area (Å²) in [5, 5.41) is 0. The minimum absolute atomic E-state index is 0.130. The maximum absolute atomic E-state index is 13.3. The van der Waals surface area contributed by atoms with Gasteiger partial charge in [-0.1, -0.05) is 6.92 Å². The number of hydrogen-bond donors (Lipinski definition) is 1. The van der Waals surface area contributed by atoms with Crippen molar-refractivity contribution in [3.63, 3.8) is 0 Å². The molecule has 0 saturated carbocycles. The van der Waals surface area contributed by atoms with Gasteiger partial charge in [-0.25, -0.2) is 16.8 Å². The van der Waals surface area contributed by atoms with Gasteiger partial charge in [-0.2, -0.15) is 0 Å². The van der Waals surface area contributed by atoms with E-state index in [1.165, 1.54) is 29.6 Å². The lowest BCUT2D eigenvalue weighted by molar-refractivity contribution is 0.315. The molecule has 192 valence electrons. The van der Waals surface area contributed by atoms with Gasteiger partial charge in [-0.15, -0.1) is 0 Å². The van der Waals surface area contributed by atoms with Gasteiger partial charge in [-0.3, -0.25) is 9.03 Å². The van der Waals surface area contributed by atoms with E-state index in [1.54, 1.807) is 49.4 Å². The van der Waals surface area contributed by atoms with Gasteiger partial charge in [-0.05, 0) is 98.0 Å². The first-order chi connectivity index (χ1) is 17.2. The van der Waals surface area contributed by atoms with Crippen LogP contribution in [0, 0.1) is 6.92 Å². The number of sulfonamides is 2. The quantitative estimate of drug-likeness (QED) is 0.429. The van der Waals surface area contributed by atoms with E-state index in [0.29, 0.717) is 48.9 Å². The van der Waals surface area contributed by atoms with Crippen LogP contribution in [0.1, 0.15) is 30.9 Å². The van der Waals surface area contributed by atoms with E-state index in [9.17, 15) is 16.8 Å². The van der Waals surface area contributed by atoms with Crippen LogP contribution in [-0.2, 0) is 26.5 Å². The monoisotopic (exact) mass is 530 g/mol. The molecule has 0 unspecified atom stereocenters. The Labute approximate surface area is 213 Å². The molecule has 0 bridgehead atoms. The summed E-state index contributed by atoms with van der Waals surface area (Å²) in [5.74, 6) is 1.23. The van der Waals surface area contributed by atoms with E-state index in [-0.39, 0.29) is 9.79 Å². The Morgan fingerprint density at radius 3 is 2.33 bits per heavy atom. The molecule has 0 spiro atoms. The third-order valence-corrected chi connectivity index (χ3v) is 9.18. The first-order valence-electron chi connectivity index (χ1n) is 11.7. The zero-order valence-electron chi connectivity index (χ0n) is 20.5. The second-order valence-electron chi connectivity index (χ2n) is 8.58. The molecule has 1 N–H and O–H groups in total. The number of benzene rings is 3. The summed E-state index contributed by atoms with van der Waals surface area (Å²) in [6.07, 6.45) is 2.12. The topological polar surface area (TPSA) is 102 Å². The molecule has 0 saturated heterocycles. The molecule has 1 aliphatic heterocycles. The largest absolute Gasteiger partial charge is 0.497 e. The highest BCUT2D eigenvalue weighted by molar-refractivity contribution is 7.93. The smallest absolute Gasteiger partial charge is 0.264 e. The molecule has 1 aliphatic rings. The van der Waals surface area contributed by atoms with E-state index in [4.69, 9.17) is 9.47 Å². The lowest BCUT2D eigenvalue weighted by Gasteiger charge is -2.31. The van der Waals surface area contributed by atoms with Crippen molar-refractivity contribution < 1.29 is 26.3 Å². The summed E-state index contributed by atoms with van der Waals surface area (Å²) >= 11 is 0. The van der Waals surface area contributed by atoms with Crippen molar-refractivity contribution in [2.75, 3.05) is 29.3 Å². The first kappa shape index (κ1) is 25.8. The van der Waals surface area contributed by atoms with Crippen molar-refractivity contribution in [2.45, 2.75) is 42.9 Å². The molecule has 36 heavy (non-hydrogen) atoms. The second-order valence-corrected chi connectivity index (χ2v) is 12.1. The Morgan fingerprint density at radius 1 is 0.944 bits per heavy atom. The van der Waals surface area contributed by atoms with Gasteiger partial charge in [0.05, 0.1) is 29.2 Å². The van der Waals surface area contributed by atoms with Crippen molar-refractivity contribution in [2.24, 2.45) is 0 Å². The minimum atomic E-state index is -3.84. The minimum Gasteiger partial charge on any atom is -0.497 e. The summed E-state index contributed by atoms with van der Waals surface area (Å²) < 4.78 is 67.5. The number of nitrogens with zero attached hydrogens (tertiary/aromatic N) is 1. The van der Waals surface area contributed by atoms with Gasteiger partial charge >= 0.3 is 0 Å². The maximum Gasteiger partial charge on any atom is 0.264 e. The SMILES string of the molecule is CCCOc1ccc(S(=O)(=O)Nc2ccc3c(c2)CCCN3S(=O)(=O)c2ccc(OC)cc2)cc1C. The molecule has 1 heterocycles. The Kier molecular flexibility index (Phi) is 7.46. The normalized spacial score (nSPS) is 13.7. The van der Waals surface area contributed by atoms with Crippen molar-refractivity contribution in [1.29, 1.82) is 0 Å². The van der Waals surface area contributed by atoms with Gasteiger partial charge in [0.1, 0.15) is 11.5 Å². The molecule has 0 amide bonds. The maximum atomic E-state index is 13.3. The van der Waals surface area contributed by atoms with E-state index >= 15 is 0 Å². The highest BCUT2D eigenvalue weighted by atomic mass is 32.2. The Balaban J connectivity index is 1.58. The van der Waals surface area contributed by atoms with Crippen LogP contribution < -0.4 is 18.5 Å². The van der Waals surface area contributed by atoms with Gasteiger partial charge < -0.3 is 9.47 Å². The number of hydrogen-bond acceptors (Lipinski definition) is 6. The number of methoxy groups -OCH3 is 1. The highest BCUT2D eigenvalue weighted by Crippen LogP contribution is 2.35. The predicted molar refractivity (Wildman–Crippen MR) is 140 cm³/mol. The third-order valence-electron chi connectivity index (χ3n) is 5.97. The second kappa shape index (κ2) is 10.4. The summed E-state index contributed by atoms with van der Waals surface area (Å²) in [7, 11) is -6.10. The molecule has 0 aliphatic carbocycles. The highest BCUT2D eigenvalue weighted by Gasteiger charge is 2.29. The van der Waals surface area contributed by atoms with Gasteiger partial charge in [0.2, 0.25) is 0 Å². The van der Waals surface area contributed by atoms with Crippen LogP contribution in [0.3, 0.4) is 0 Å². The number of nitrogens with one attached hydrogen (secondary N) is 1. The van der Waals surface area contributed by atoms with Crippen LogP contribution in [0.5, 0.6) is 11.5 Å². The zero-order valence-corrected chi connectivity index (χ0v) is 22.2. The van der Waals surface area contributed by atoms with Crippen molar-refractivity contribution in [3.05, 3.63) is 71.8 Å². The van der Waals surface area contributed by atoms with Gasteiger partial charge in [0.25, 0.3) is 20.0 Å². The number of rotatable bonds is 9. The molecular weight excluding hydrogens is 500 g/mol. The number of ether oxygens (including phenoxy) is 2. The van der Waals surface area contributed by atoms with Crippen molar-refractivity contribution >= 4 is 31.4 Å². The standard InChI is InChI=1S/C26H30N2O6S2/c1-4-16-34-26-14-12-24(17-19(26)2)35(29,30)27-21-7-13-25-20(18-21)6-5-15-28(25)36(31,32)23-10-8-22(33-3)9-11-23/h7-14,17-18,27H,4-6,15-16H2,1-3H3. The van der Waals surface area contributed by atoms with E-state index < -0.39 is 20.0 Å². The van der Waals surface area contributed by atoms with Crippen LogP contribution in [0.25, 0.3) is 0 Å². The van der Waals surface area contributed by atoms with Crippen LogP contribution in [0.4, 0.5) is 11.4 Å². The third kappa shape index (κ3) is 5.29. The number of anilines is 2. The molecule has 10 heteroatoms. The Hall–Kier alpha value is -3.24. The van der Waals surface area contributed by atoms with Crippen LogP contribution in [0.15, 0.2) is 70.5 Å². The first-order valence-corrected chi connectivity index (χ1v) is 14.6. The van der Waals surface area contributed by atoms with Crippen LogP contribution in [-0.4, -0.2) is 37.1 Å². The Morgan fingerprint density at radius 2 is 1.67 bits per heavy atom. The van der Waals surface area contributed by atoms with Crippen molar-refractivity contribution in [1.82, 2.24) is 0 Å². The molecule has 0 radical (unpaired) electrons. The molecule has 3 aromatic carbocycles. The fraction of sp³-hybridized carbons (Fsp3) is 0.308. The van der Waals surface area contributed by atoms with E-state index in [2.05, 4.69) is 4.72 Å². The van der Waals surface area contributed by atoms with Crippen LogP contribution in [0.2, 0.25) is 0 Å². The summed E-state index contributed by atoms with van der Waals surface area (Å²) in [6.45, 7) is 4.72. The predicted octanol–water partition coefficient (Wildman–Crippen LogP) is 4.73. The van der Waals surface area contributed by atoms with E-state index in [1.807, 2.05) is 6.92 Å². The lowest BCUT2D eigenvalue weighted by Crippen LogP contribution is -2.35. The molecule has 8 nitrogen and oxygen atoms in total. The van der Waals surface area contributed by atoms with E-state index in [0.717, 1.165) is 17.5 Å². The average molecular weight is 531 g/mol. The molecule has 0 fully saturated rings. The average Bonchev–Trinajstić information content (AvgIpc) is 2.87. The number of fused-ring (bicyclic) bond motifs is 1. The molecule has 0 atom stereocenters. The van der Waals surface area contributed by atoms with Gasteiger partial charge in [0, 0.05) is 12.2 Å². The zero-order chi connectivity index (χ0) is 25.9. The number of aryl methyl sites for hydroxylation is 2.